The first-order valence-corrected chi connectivity index (χ1v) is 8.36. The molecule has 2 aromatic carbocycles. The van der Waals surface area contributed by atoms with Crippen LogP contribution in [0.15, 0.2) is 60.8 Å². The summed E-state index contributed by atoms with van der Waals surface area (Å²) < 4.78 is 19.6. The molecule has 0 bridgehead atoms. The van der Waals surface area contributed by atoms with Crippen molar-refractivity contribution in [2.75, 3.05) is 5.32 Å². The summed E-state index contributed by atoms with van der Waals surface area (Å²) in [6.45, 7) is 3.55. The van der Waals surface area contributed by atoms with Gasteiger partial charge in [-0.15, -0.1) is 0 Å². The minimum atomic E-state index is -0.416. The van der Waals surface area contributed by atoms with Gasteiger partial charge in [-0.25, -0.2) is 13.9 Å². The van der Waals surface area contributed by atoms with Crippen LogP contribution in [0.25, 0.3) is 5.69 Å². The highest BCUT2D eigenvalue weighted by atomic mass is 19.1. The first kappa shape index (κ1) is 18.3. The van der Waals surface area contributed by atoms with Gasteiger partial charge in [-0.05, 0) is 68.4 Å². The molecule has 0 radical (unpaired) electrons. The zero-order valence-corrected chi connectivity index (χ0v) is 14.8. The van der Waals surface area contributed by atoms with Crippen LogP contribution in [0.4, 0.5) is 10.1 Å². The second kappa shape index (κ2) is 7.82. The van der Waals surface area contributed by atoms with Crippen LogP contribution in [-0.4, -0.2) is 27.8 Å². The van der Waals surface area contributed by atoms with Crippen molar-refractivity contribution in [3.8, 4) is 5.69 Å². The maximum atomic E-state index is 13.0. The maximum Gasteiger partial charge on any atom is 0.338 e. The number of benzene rings is 2. The van der Waals surface area contributed by atoms with E-state index >= 15 is 0 Å². The number of aromatic nitrogens is 2. The van der Waals surface area contributed by atoms with Gasteiger partial charge in [0.15, 0.2) is 5.69 Å². The van der Waals surface area contributed by atoms with Crippen molar-refractivity contribution in [1.29, 1.82) is 0 Å². The van der Waals surface area contributed by atoms with Crippen molar-refractivity contribution < 1.29 is 18.7 Å². The molecule has 0 aliphatic heterocycles. The number of carbonyl (C=O) groups excluding carboxylic acids is 2. The number of nitrogens with one attached hydrogen (secondary N) is 1. The fourth-order valence-corrected chi connectivity index (χ4v) is 2.35. The van der Waals surface area contributed by atoms with Crippen molar-refractivity contribution >= 4 is 17.6 Å². The molecule has 1 heterocycles. The first-order chi connectivity index (χ1) is 12.9. The summed E-state index contributed by atoms with van der Waals surface area (Å²) in [5.74, 6) is -1.15. The summed E-state index contributed by atoms with van der Waals surface area (Å²) in [6.07, 6.45) is 1.42. The molecule has 138 valence electrons. The van der Waals surface area contributed by atoms with Crippen molar-refractivity contribution in [2.45, 2.75) is 20.0 Å². The molecule has 0 fully saturated rings. The Balaban J connectivity index is 1.67. The molecule has 0 saturated carbocycles. The predicted octanol–water partition coefficient (Wildman–Crippen LogP) is 3.83. The van der Waals surface area contributed by atoms with Crippen molar-refractivity contribution in [2.24, 2.45) is 0 Å². The number of hydrogen-bond donors (Lipinski definition) is 1. The Morgan fingerprint density at radius 3 is 2.33 bits per heavy atom. The van der Waals surface area contributed by atoms with Gasteiger partial charge >= 0.3 is 5.97 Å². The van der Waals surface area contributed by atoms with E-state index < -0.39 is 11.9 Å². The standard InChI is InChI=1S/C20H18FN3O3/c1-13(2)27-20(26)14-3-7-16(8-4-14)22-19(25)18-11-12-24(23-18)17-9-5-15(21)6-10-17/h3-13H,1-2H3,(H,22,25). The third-order valence-electron chi connectivity index (χ3n) is 3.63. The lowest BCUT2D eigenvalue weighted by Crippen LogP contribution is -2.14. The normalized spacial score (nSPS) is 10.7. The smallest absolute Gasteiger partial charge is 0.338 e. The minimum absolute atomic E-state index is 0.201. The molecule has 3 aromatic rings. The number of esters is 1. The van der Waals surface area contributed by atoms with E-state index in [0.717, 1.165) is 0 Å². The molecule has 1 aromatic heterocycles. The molecule has 27 heavy (non-hydrogen) atoms. The quantitative estimate of drug-likeness (QED) is 0.696. The maximum absolute atomic E-state index is 13.0. The lowest BCUT2D eigenvalue weighted by Gasteiger charge is -2.08. The second-order valence-electron chi connectivity index (χ2n) is 6.11. The number of hydrogen-bond acceptors (Lipinski definition) is 4. The van der Waals surface area contributed by atoms with Crippen LogP contribution in [0.3, 0.4) is 0 Å². The van der Waals surface area contributed by atoms with Crippen molar-refractivity contribution in [1.82, 2.24) is 9.78 Å². The van der Waals surface area contributed by atoms with Crippen LogP contribution in [-0.2, 0) is 4.74 Å². The molecule has 1 amide bonds. The largest absolute Gasteiger partial charge is 0.459 e. The van der Waals surface area contributed by atoms with E-state index in [1.54, 1.807) is 62.5 Å². The number of anilines is 1. The lowest BCUT2D eigenvalue weighted by molar-refractivity contribution is 0.0378. The number of halogens is 1. The summed E-state index contributed by atoms with van der Waals surface area (Å²) in [7, 11) is 0. The molecule has 7 heteroatoms. The zero-order chi connectivity index (χ0) is 19.4. The molecular formula is C20H18FN3O3. The fraction of sp³-hybridized carbons (Fsp3) is 0.150. The number of amides is 1. The van der Waals surface area contributed by atoms with Gasteiger partial charge < -0.3 is 10.1 Å². The number of rotatable bonds is 5. The highest BCUT2D eigenvalue weighted by molar-refractivity contribution is 6.03. The minimum Gasteiger partial charge on any atom is -0.459 e. The molecule has 3 rings (SSSR count). The Hall–Kier alpha value is -3.48. The molecule has 0 spiro atoms. The lowest BCUT2D eigenvalue weighted by atomic mass is 10.2. The molecule has 0 unspecified atom stereocenters. The van der Waals surface area contributed by atoms with E-state index in [1.807, 2.05) is 0 Å². The van der Waals surface area contributed by atoms with Crippen LogP contribution >= 0.6 is 0 Å². The third kappa shape index (κ3) is 4.58. The fourth-order valence-electron chi connectivity index (χ4n) is 2.35. The summed E-state index contributed by atoms with van der Waals surface area (Å²) in [6, 6.07) is 13.7. The van der Waals surface area contributed by atoms with Gasteiger partial charge in [0.2, 0.25) is 0 Å². The SMILES string of the molecule is CC(C)OC(=O)c1ccc(NC(=O)c2ccn(-c3ccc(F)cc3)n2)cc1. The van der Waals surface area contributed by atoms with E-state index in [1.165, 1.54) is 16.8 Å². The highest BCUT2D eigenvalue weighted by Gasteiger charge is 2.12. The van der Waals surface area contributed by atoms with Gasteiger partial charge in [-0.2, -0.15) is 5.10 Å². The van der Waals surface area contributed by atoms with Crippen molar-refractivity contribution in [3.63, 3.8) is 0 Å². The van der Waals surface area contributed by atoms with Gasteiger partial charge in [0.1, 0.15) is 5.82 Å². The van der Waals surface area contributed by atoms with Crippen LogP contribution in [0, 0.1) is 5.82 Å². The average molecular weight is 367 g/mol. The van der Waals surface area contributed by atoms with E-state index in [-0.39, 0.29) is 17.6 Å². The zero-order valence-electron chi connectivity index (χ0n) is 14.8. The predicted molar refractivity (Wildman–Crippen MR) is 98.5 cm³/mol. The topological polar surface area (TPSA) is 73.2 Å². The number of ether oxygens (including phenoxy) is 1. The summed E-state index contributed by atoms with van der Waals surface area (Å²) in [5.41, 5.74) is 1.78. The Bertz CT molecular complexity index is 947. The summed E-state index contributed by atoms with van der Waals surface area (Å²) in [4.78, 5) is 24.2. The second-order valence-corrected chi connectivity index (χ2v) is 6.11. The Kier molecular flexibility index (Phi) is 5.30. The Morgan fingerprint density at radius 2 is 1.70 bits per heavy atom. The van der Waals surface area contributed by atoms with Gasteiger partial charge in [-0.3, -0.25) is 4.79 Å². The van der Waals surface area contributed by atoms with Crippen LogP contribution in [0.2, 0.25) is 0 Å². The van der Waals surface area contributed by atoms with E-state index in [0.29, 0.717) is 16.9 Å². The first-order valence-electron chi connectivity index (χ1n) is 8.36. The molecule has 6 nitrogen and oxygen atoms in total. The average Bonchev–Trinajstić information content (AvgIpc) is 3.12. The summed E-state index contributed by atoms with van der Waals surface area (Å²) >= 11 is 0. The van der Waals surface area contributed by atoms with Crippen LogP contribution < -0.4 is 5.32 Å². The molecule has 0 aliphatic carbocycles. The molecule has 0 atom stereocenters. The van der Waals surface area contributed by atoms with E-state index in [2.05, 4.69) is 10.4 Å². The van der Waals surface area contributed by atoms with E-state index in [9.17, 15) is 14.0 Å². The Morgan fingerprint density at radius 1 is 1.04 bits per heavy atom. The number of nitrogens with zero attached hydrogens (tertiary/aromatic N) is 2. The van der Waals surface area contributed by atoms with Gasteiger partial charge in [0, 0.05) is 11.9 Å². The molecule has 0 aliphatic rings. The summed E-state index contributed by atoms with van der Waals surface area (Å²) in [5, 5.41) is 6.90. The third-order valence-corrected chi connectivity index (χ3v) is 3.63. The highest BCUT2D eigenvalue weighted by Crippen LogP contribution is 2.14. The van der Waals surface area contributed by atoms with Crippen LogP contribution in [0.5, 0.6) is 0 Å². The number of carbonyl (C=O) groups is 2. The van der Waals surface area contributed by atoms with Crippen LogP contribution in [0.1, 0.15) is 34.7 Å². The van der Waals surface area contributed by atoms with Gasteiger partial charge in [0.05, 0.1) is 17.4 Å². The van der Waals surface area contributed by atoms with Crippen molar-refractivity contribution in [3.05, 3.63) is 77.9 Å². The molecular weight excluding hydrogens is 349 g/mol. The Labute approximate surface area is 155 Å². The van der Waals surface area contributed by atoms with Gasteiger partial charge in [0.25, 0.3) is 5.91 Å². The van der Waals surface area contributed by atoms with Gasteiger partial charge in [-0.1, -0.05) is 0 Å². The molecule has 1 N–H and O–H groups in total. The van der Waals surface area contributed by atoms with E-state index in [4.69, 9.17) is 4.74 Å². The molecule has 0 saturated heterocycles. The monoisotopic (exact) mass is 367 g/mol.